The summed E-state index contributed by atoms with van der Waals surface area (Å²) in [7, 11) is 0. The minimum Gasteiger partial charge on any atom is -0.482 e. The van der Waals surface area contributed by atoms with Gasteiger partial charge in [0.05, 0.1) is 5.69 Å². The molecule has 2 rings (SSSR count). The Balaban J connectivity index is 2.01. The van der Waals surface area contributed by atoms with Crippen LogP contribution in [0.25, 0.3) is 0 Å². The van der Waals surface area contributed by atoms with Gasteiger partial charge in [-0.1, -0.05) is 6.07 Å². The highest BCUT2D eigenvalue weighted by Gasteiger charge is 2.15. The molecule has 1 aliphatic rings. The van der Waals surface area contributed by atoms with Crippen molar-refractivity contribution in [2.45, 2.75) is 19.3 Å². The third kappa shape index (κ3) is 2.96. The second kappa shape index (κ2) is 4.86. The maximum absolute atomic E-state index is 11.1. The van der Waals surface area contributed by atoms with Gasteiger partial charge in [0, 0.05) is 6.42 Å². The largest absolute Gasteiger partial charge is 0.482 e. The van der Waals surface area contributed by atoms with Crippen LogP contribution in [0.5, 0.6) is 5.75 Å². The van der Waals surface area contributed by atoms with Crippen LogP contribution in [0.15, 0.2) is 18.2 Å². The number of benzene rings is 1. The third-order valence-electron chi connectivity index (χ3n) is 2.53. The van der Waals surface area contributed by atoms with Gasteiger partial charge in [0.2, 0.25) is 0 Å². The van der Waals surface area contributed by atoms with E-state index in [1.165, 1.54) is 0 Å². The van der Waals surface area contributed by atoms with E-state index in [-0.39, 0.29) is 18.9 Å². The van der Waals surface area contributed by atoms with Crippen LogP contribution < -0.4 is 10.1 Å². The van der Waals surface area contributed by atoms with E-state index in [0.29, 0.717) is 24.3 Å². The number of fused-ring (bicyclic) bond motifs is 1. The number of rotatable bonds is 4. The average molecular weight is 235 g/mol. The summed E-state index contributed by atoms with van der Waals surface area (Å²) >= 11 is 0. The van der Waals surface area contributed by atoms with Crippen LogP contribution in [-0.2, 0) is 16.0 Å². The Hall–Kier alpha value is -2.04. The molecular weight excluding hydrogens is 222 g/mol. The molecule has 2 N–H and O–H groups in total. The number of aliphatic carboxylic acids is 1. The highest BCUT2D eigenvalue weighted by Crippen LogP contribution is 2.28. The van der Waals surface area contributed by atoms with Gasteiger partial charge in [0.1, 0.15) is 5.75 Å². The van der Waals surface area contributed by atoms with E-state index < -0.39 is 5.97 Å². The second-order valence-electron chi connectivity index (χ2n) is 3.91. The first-order valence-corrected chi connectivity index (χ1v) is 5.42. The standard InChI is InChI=1S/C12H13NO4/c14-11-7-17-10-6-8(2-1-3-12(15)16)4-5-9(10)13-11/h4-6H,1-3,7H2,(H,13,14)(H,15,16). The summed E-state index contributed by atoms with van der Waals surface area (Å²) in [6.45, 7) is 0.0333. The van der Waals surface area contributed by atoms with Crippen LogP contribution >= 0.6 is 0 Å². The number of amides is 1. The van der Waals surface area contributed by atoms with Gasteiger partial charge >= 0.3 is 5.97 Å². The van der Waals surface area contributed by atoms with Crippen molar-refractivity contribution < 1.29 is 19.4 Å². The molecule has 17 heavy (non-hydrogen) atoms. The van der Waals surface area contributed by atoms with E-state index >= 15 is 0 Å². The molecule has 90 valence electrons. The average Bonchev–Trinajstić information content (AvgIpc) is 2.29. The molecule has 1 aliphatic heterocycles. The molecule has 0 radical (unpaired) electrons. The first-order chi connectivity index (χ1) is 8.15. The molecule has 1 heterocycles. The quantitative estimate of drug-likeness (QED) is 0.827. The number of anilines is 1. The van der Waals surface area contributed by atoms with Crippen molar-refractivity contribution >= 4 is 17.6 Å². The zero-order valence-corrected chi connectivity index (χ0v) is 9.23. The van der Waals surface area contributed by atoms with E-state index in [1.807, 2.05) is 12.1 Å². The van der Waals surface area contributed by atoms with Gasteiger partial charge in [-0.05, 0) is 30.5 Å². The highest BCUT2D eigenvalue weighted by atomic mass is 16.5. The zero-order valence-electron chi connectivity index (χ0n) is 9.23. The fourth-order valence-corrected chi connectivity index (χ4v) is 1.72. The Morgan fingerprint density at radius 2 is 2.29 bits per heavy atom. The van der Waals surface area contributed by atoms with Gasteiger partial charge in [-0.3, -0.25) is 9.59 Å². The number of aryl methyl sites for hydroxylation is 1. The van der Waals surface area contributed by atoms with Gasteiger partial charge in [0.25, 0.3) is 5.91 Å². The van der Waals surface area contributed by atoms with E-state index in [1.54, 1.807) is 6.07 Å². The predicted octanol–water partition coefficient (Wildman–Crippen LogP) is 1.42. The number of carbonyl (C=O) groups is 2. The molecule has 1 aromatic rings. The molecule has 0 aromatic heterocycles. The lowest BCUT2D eigenvalue weighted by Crippen LogP contribution is -2.25. The van der Waals surface area contributed by atoms with E-state index in [0.717, 1.165) is 5.56 Å². The molecule has 5 nitrogen and oxygen atoms in total. The van der Waals surface area contributed by atoms with Crippen molar-refractivity contribution in [2.75, 3.05) is 11.9 Å². The molecule has 0 spiro atoms. The molecule has 0 fully saturated rings. The second-order valence-corrected chi connectivity index (χ2v) is 3.91. The predicted molar refractivity (Wildman–Crippen MR) is 61.1 cm³/mol. The minimum absolute atomic E-state index is 0.0333. The highest BCUT2D eigenvalue weighted by molar-refractivity contribution is 5.95. The first kappa shape index (κ1) is 11.4. The molecule has 0 aliphatic carbocycles. The summed E-state index contributed by atoms with van der Waals surface area (Å²) in [5, 5.41) is 11.2. The molecule has 0 bridgehead atoms. The fraction of sp³-hybridized carbons (Fsp3) is 0.333. The minimum atomic E-state index is -0.786. The maximum Gasteiger partial charge on any atom is 0.303 e. The first-order valence-electron chi connectivity index (χ1n) is 5.42. The zero-order chi connectivity index (χ0) is 12.3. The topological polar surface area (TPSA) is 75.6 Å². The number of hydrogen-bond acceptors (Lipinski definition) is 3. The smallest absolute Gasteiger partial charge is 0.303 e. The molecule has 0 saturated carbocycles. The van der Waals surface area contributed by atoms with Crippen LogP contribution in [0, 0.1) is 0 Å². The molecule has 0 saturated heterocycles. The van der Waals surface area contributed by atoms with Gasteiger partial charge in [-0.25, -0.2) is 0 Å². The Morgan fingerprint density at radius 3 is 3.06 bits per heavy atom. The van der Waals surface area contributed by atoms with Crippen LogP contribution in [-0.4, -0.2) is 23.6 Å². The Kier molecular flexibility index (Phi) is 3.27. The van der Waals surface area contributed by atoms with Gasteiger partial charge in [0.15, 0.2) is 6.61 Å². The van der Waals surface area contributed by atoms with Gasteiger partial charge in [-0.15, -0.1) is 0 Å². The van der Waals surface area contributed by atoms with E-state index in [4.69, 9.17) is 9.84 Å². The molecule has 1 amide bonds. The number of nitrogens with one attached hydrogen (secondary N) is 1. The van der Waals surface area contributed by atoms with Crippen molar-refractivity contribution in [3.05, 3.63) is 23.8 Å². The number of hydrogen-bond donors (Lipinski definition) is 2. The lowest BCUT2D eigenvalue weighted by atomic mass is 10.1. The lowest BCUT2D eigenvalue weighted by molar-refractivity contribution is -0.137. The van der Waals surface area contributed by atoms with Gasteiger partial charge in [-0.2, -0.15) is 0 Å². The Labute approximate surface area is 98.4 Å². The Bertz CT molecular complexity index is 456. The Morgan fingerprint density at radius 1 is 1.47 bits per heavy atom. The number of carboxylic acid groups (broad SMARTS) is 1. The molecule has 0 atom stereocenters. The van der Waals surface area contributed by atoms with E-state index in [9.17, 15) is 9.59 Å². The number of carboxylic acids is 1. The maximum atomic E-state index is 11.1. The van der Waals surface area contributed by atoms with Crippen molar-refractivity contribution in [1.82, 2.24) is 0 Å². The van der Waals surface area contributed by atoms with Crippen LogP contribution in [0.2, 0.25) is 0 Å². The van der Waals surface area contributed by atoms with Crippen molar-refractivity contribution in [3.8, 4) is 5.75 Å². The molecule has 5 heteroatoms. The number of carbonyl (C=O) groups excluding carboxylic acids is 1. The van der Waals surface area contributed by atoms with Crippen molar-refractivity contribution in [1.29, 1.82) is 0 Å². The lowest BCUT2D eigenvalue weighted by Gasteiger charge is -2.18. The molecular formula is C12H13NO4. The third-order valence-corrected chi connectivity index (χ3v) is 2.53. The molecule has 0 unspecified atom stereocenters. The summed E-state index contributed by atoms with van der Waals surface area (Å²) in [6.07, 6.45) is 1.45. The summed E-state index contributed by atoms with van der Waals surface area (Å²) in [5.41, 5.74) is 1.68. The fourth-order valence-electron chi connectivity index (χ4n) is 1.72. The summed E-state index contributed by atoms with van der Waals surface area (Å²) in [4.78, 5) is 21.4. The SMILES string of the molecule is O=C(O)CCCc1ccc2c(c1)OCC(=O)N2. The molecule has 1 aromatic carbocycles. The summed E-state index contributed by atoms with van der Waals surface area (Å²) < 4.78 is 5.28. The number of ether oxygens (including phenoxy) is 1. The van der Waals surface area contributed by atoms with Crippen LogP contribution in [0.1, 0.15) is 18.4 Å². The summed E-state index contributed by atoms with van der Waals surface area (Å²) in [6, 6.07) is 5.49. The normalized spacial score (nSPS) is 13.5. The van der Waals surface area contributed by atoms with Crippen LogP contribution in [0.3, 0.4) is 0 Å². The van der Waals surface area contributed by atoms with Crippen molar-refractivity contribution in [3.63, 3.8) is 0 Å². The van der Waals surface area contributed by atoms with Gasteiger partial charge < -0.3 is 15.2 Å². The van der Waals surface area contributed by atoms with Crippen LogP contribution in [0.4, 0.5) is 5.69 Å². The monoisotopic (exact) mass is 235 g/mol. The van der Waals surface area contributed by atoms with E-state index in [2.05, 4.69) is 5.32 Å². The van der Waals surface area contributed by atoms with Crippen molar-refractivity contribution in [2.24, 2.45) is 0 Å². The summed E-state index contributed by atoms with van der Waals surface area (Å²) in [5.74, 6) is -0.292.